The van der Waals surface area contributed by atoms with E-state index in [0.29, 0.717) is 6.61 Å². The van der Waals surface area contributed by atoms with Gasteiger partial charge < -0.3 is 20.6 Å². The molecule has 1 aliphatic rings. The summed E-state index contributed by atoms with van der Waals surface area (Å²) in [7, 11) is 0. The van der Waals surface area contributed by atoms with E-state index in [1.807, 2.05) is 31.2 Å². The number of para-hydroxylation sites is 2. The van der Waals surface area contributed by atoms with Crippen LogP contribution < -0.4 is 15.4 Å². The van der Waals surface area contributed by atoms with Crippen molar-refractivity contribution >= 4 is 11.5 Å². The lowest BCUT2D eigenvalue weighted by Gasteiger charge is -2.31. The van der Waals surface area contributed by atoms with Crippen LogP contribution in [0, 0.1) is 0 Å². The molecular formula is C13H19N3O2. The van der Waals surface area contributed by atoms with Crippen molar-refractivity contribution in [1.29, 1.82) is 0 Å². The number of rotatable bonds is 3. The van der Waals surface area contributed by atoms with E-state index < -0.39 is 0 Å². The zero-order chi connectivity index (χ0) is 13.0. The molecule has 0 spiro atoms. The molecule has 0 bridgehead atoms. The van der Waals surface area contributed by atoms with Crippen molar-refractivity contribution in [2.45, 2.75) is 25.8 Å². The summed E-state index contributed by atoms with van der Waals surface area (Å²) in [5, 5.41) is 12.0. The van der Waals surface area contributed by atoms with Gasteiger partial charge in [0.25, 0.3) is 0 Å². The second kappa shape index (κ2) is 5.62. The van der Waals surface area contributed by atoms with Crippen LogP contribution in [0.25, 0.3) is 0 Å². The Hall–Kier alpha value is -1.91. The summed E-state index contributed by atoms with van der Waals surface area (Å²) in [6.07, 6.45) is 1.70. The number of anilines is 1. The topological polar surface area (TPSA) is 71.1 Å². The third-order valence-corrected chi connectivity index (χ3v) is 3.20. The van der Waals surface area contributed by atoms with Crippen molar-refractivity contribution in [2.24, 2.45) is 10.9 Å². The van der Waals surface area contributed by atoms with Gasteiger partial charge in [-0.2, -0.15) is 0 Å². The van der Waals surface area contributed by atoms with Crippen molar-refractivity contribution in [3.63, 3.8) is 0 Å². The number of hydrogen-bond donors (Lipinski definition) is 2. The number of oxime groups is 1. The summed E-state index contributed by atoms with van der Waals surface area (Å²) < 4.78 is 5.70. The zero-order valence-electron chi connectivity index (χ0n) is 10.5. The molecule has 1 heterocycles. The van der Waals surface area contributed by atoms with Gasteiger partial charge in [0, 0.05) is 6.54 Å². The molecule has 98 valence electrons. The van der Waals surface area contributed by atoms with Crippen LogP contribution in [0.3, 0.4) is 0 Å². The quantitative estimate of drug-likeness (QED) is 0.371. The van der Waals surface area contributed by atoms with Gasteiger partial charge in [-0.25, -0.2) is 0 Å². The number of fused-ring (bicyclic) bond motifs is 1. The van der Waals surface area contributed by atoms with Gasteiger partial charge >= 0.3 is 0 Å². The molecule has 1 aromatic carbocycles. The van der Waals surface area contributed by atoms with E-state index in [4.69, 9.17) is 15.7 Å². The predicted octanol–water partition coefficient (Wildman–Crippen LogP) is 1.80. The van der Waals surface area contributed by atoms with Gasteiger partial charge in [-0.05, 0) is 25.0 Å². The summed E-state index contributed by atoms with van der Waals surface area (Å²) in [5.74, 6) is 1.10. The minimum Gasteiger partial charge on any atom is -0.491 e. The van der Waals surface area contributed by atoms with E-state index in [2.05, 4.69) is 10.1 Å². The molecule has 18 heavy (non-hydrogen) atoms. The average molecular weight is 249 g/mol. The molecule has 3 N–H and O–H groups in total. The van der Waals surface area contributed by atoms with Gasteiger partial charge in [-0.15, -0.1) is 0 Å². The van der Waals surface area contributed by atoms with Crippen molar-refractivity contribution < 1.29 is 9.94 Å². The lowest BCUT2D eigenvalue weighted by atomic mass is 10.1. The summed E-state index contributed by atoms with van der Waals surface area (Å²) in [6, 6.07) is 7.78. The second-order valence-corrected chi connectivity index (χ2v) is 4.31. The van der Waals surface area contributed by atoms with Gasteiger partial charge in [-0.1, -0.05) is 24.2 Å². The lowest BCUT2D eigenvalue weighted by Crippen LogP contribution is -2.45. The van der Waals surface area contributed by atoms with E-state index in [1.165, 1.54) is 0 Å². The summed E-state index contributed by atoms with van der Waals surface area (Å²) in [5.41, 5.74) is 6.79. The van der Waals surface area contributed by atoms with E-state index in [1.54, 1.807) is 0 Å². The highest BCUT2D eigenvalue weighted by Gasteiger charge is 2.25. The Kier molecular flexibility index (Phi) is 3.92. The number of hydrogen-bond acceptors (Lipinski definition) is 4. The van der Waals surface area contributed by atoms with E-state index in [9.17, 15) is 0 Å². The molecule has 0 aromatic heterocycles. The Balaban J connectivity index is 2.37. The largest absolute Gasteiger partial charge is 0.491 e. The molecule has 1 unspecified atom stereocenters. The van der Waals surface area contributed by atoms with Gasteiger partial charge in [-0.3, -0.25) is 0 Å². The Morgan fingerprint density at radius 2 is 2.33 bits per heavy atom. The minimum atomic E-state index is -0.0992. The van der Waals surface area contributed by atoms with Crippen LogP contribution in [0.1, 0.15) is 19.8 Å². The van der Waals surface area contributed by atoms with Crippen LogP contribution >= 0.6 is 0 Å². The van der Waals surface area contributed by atoms with Gasteiger partial charge in [0.2, 0.25) is 0 Å². The number of nitrogens with two attached hydrogens (primary N) is 1. The maximum absolute atomic E-state index is 8.89. The molecule has 2 rings (SSSR count). The normalized spacial score (nSPS) is 17.6. The highest BCUT2D eigenvalue weighted by molar-refractivity contribution is 5.88. The Labute approximate surface area is 107 Å². The van der Waals surface area contributed by atoms with Crippen LogP contribution in [0.15, 0.2) is 29.4 Å². The molecule has 0 aliphatic carbocycles. The molecule has 0 fully saturated rings. The highest BCUT2D eigenvalue weighted by Crippen LogP contribution is 2.32. The van der Waals surface area contributed by atoms with Crippen molar-refractivity contribution in [1.82, 2.24) is 0 Å². The number of benzene rings is 1. The zero-order valence-corrected chi connectivity index (χ0v) is 10.5. The lowest BCUT2D eigenvalue weighted by molar-refractivity contribution is 0.315. The van der Waals surface area contributed by atoms with Crippen molar-refractivity contribution in [2.75, 3.05) is 18.1 Å². The predicted molar refractivity (Wildman–Crippen MR) is 71.4 cm³/mol. The first kappa shape index (κ1) is 12.5. The number of amidine groups is 1. The van der Waals surface area contributed by atoms with Crippen LogP contribution in [-0.4, -0.2) is 30.2 Å². The molecule has 1 aliphatic heterocycles. The summed E-state index contributed by atoms with van der Waals surface area (Å²) in [6.45, 7) is 3.56. The molecule has 0 amide bonds. The smallest absolute Gasteiger partial charge is 0.161 e. The van der Waals surface area contributed by atoms with E-state index in [0.717, 1.165) is 30.8 Å². The second-order valence-electron chi connectivity index (χ2n) is 4.31. The number of nitrogens with zero attached hydrogens (tertiary/aromatic N) is 2. The standard InChI is InChI=1S/C13H19N3O2/c1-2-10(13(14)15-17)16-8-5-9-18-12-7-4-3-6-11(12)16/h3-4,6-7,10,17H,2,5,8-9H2,1H3,(H2,14,15). The first-order valence-corrected chi connectivity index (χ1v) is 6.23. The summed E-state index contributed by atoms with van der Waals surface area (Å²) >= 11 is 0. The van der Waals surface area contributed by atoms with Gasteiger partial charge in [0.1, 0.15) is 5.75 Å². The summed E-state index contributed by atoms with van der Waals surface area (Å²) in [4.78, 5) is 2.15. The fraction of sp³-hybridized carbons (Fsp3) is 0.462. The van der Waals surface area contributed by atoms with Gasteiger partial charge in [0.05, 0.1) is 18.3 Å². The molecule has 1 atom stereocenters. The molecule has 1 aromatic rings. The van der Waals surface area contributed by atoms with Crippen LogP contribution in [0.4, 0.5) is 5.69 Å². The maximum Gasteiger partial charge on any atom is 0.161 e. The van der Waals surface area contributed by atoms with Crippen molar-refractivity contribution in [3.05, 3.63) is 24.3 Å². The van der Waals surface area contributed by atoms with E-state index >= 15 is 0 Å². The molecule has 0 radical (unpaired) electrons. The monoisotopic (exact) mass is 249 g/mol. The molecule has 5 nitrogen and oxygen atoms in total. The van der Waals surface area contributed by atoms with Crippen LogP contribution in [0.5, 0.6) is 5.75 Å². The number of ether oxygens (including phenoxy) is 1. The Morgan fingerprint density at radius 1 is 1.56 bits per heavy atom. The Bertz CT molecular complexity index is 434. The van der Waals surface area contributed by atoms with Crippen LogP contribution in [-0.2, 0) is 0 Å². The van der Waals surface area contributed by atoms with Gasteiger partial charge in [0.15, 0.2) is 5.84 Å². The first-order chi connectivity index (χ1) is 8.77. The third kappa shape index (κ3) is 2.34. The SMILES string of the molecule is CCC(/C(N)=N/O)N1CCCOc2ccccc21. The fourth-order valence-electron chi connectivity index (χ4n) is 2.33. The fourth-order valence-corrected chi connectivity index (χ4v) is 2.33. The van der Waals surface area contributed by atoms with Crippen molar-refractivity contribution in [3.8, 4) is 5.75 Å². The third-order valence-electron chi connectivity index (χ3n) is 3.20. The first-order valence-electron chi connectivity index (χ1n) is 6.23. The highest BCUT2D eigenvalue weighted by atomic mass is 16.5. The molecule has 5 heteroatoms. The average Bonchev–Trinajstić information content (AvgIpc) is 2.62. The molecule has 0 saturated carbocycles. The maximum atomic E-state index is 8.89. The Morgan fingerprint density at radius 3 is 3.06 bits per heavy atom. The molecular weight excluding hydrogens is 230 g/mol. The van der Waals surface area contributed by atoms with E-state index in [-0.39, 0.29) is 11.9 Å². The van der Waals surface area contributed by atoms with Crippen LogP contribution in [0.2, 0.25) is 0 Å². The molecule has 0 saturated heterocycles. The minimum absolute atomic E-state index is 0.0992.